The Balaban J connectivity index is 1.06. The van der Waals surface area contributed by atoms with Gasteiger partial charge in [-0.3, -0.25) is 4.79 Å². The number of aliphatic hydroxyl groups is 1. The molecule has 268 valence electrons. The van der Waals surface area contributed by atoms with Crippen molar-refractivity contribution in [3.05, 3.63) is 11.6 Å². The molecule has 5 rings (SSSR count). The van der Waals surface area contributed by atoms with Crippen molar-refractivity contribution in [1.29, 1.82) is 0 Å². The lowest BCUT2D eigenvalue weighted by atomic mass is 9.46. The number of rotatable bonds is 14. The Labute approximate surface area is 300 Å². The summed E-state index contributed by atoms with van der Waals surface area (Å²) in [5.41, 5.74) is 2.43. The number of allylic oxidation sites excluding steroid dienone is 1. The van der Waals surface area contributed by atoms with Crippen LogP contribution in [0.3, 0.4) is 0 Å². The Morgan fingerprint density at radius 2 is 1.87 bits per heavy atom. The average molecular weight is 767 g/mol. The fourth-order valence-corrected chi connectivity index (χ4v) is 12.5. The third-order valence-corrected chi connectivity index (χ3v) is 15.1. The van der Waals surface area contributed by atoms with Gasteiger partial charge < -0.3 is 20.1 Å². The van der Waals surface area contributed by atoms with E-state index in [4.69, 9.17) is 4.74 Å². The molecule has 2 unspecified atom stereocenters. The van der Waals surface area contributed by atoms with Crippen LogP contribution >= 0.6 is 22.6 Å². The number of ether oxygens (including phenoxy) is 1. The summed E-state index contributed by atoms with van der Waals surface area (Å²) in [7, 11) is 0. The highest BCUT2D eigenvalue weighted by molar-refractivity contribution is 14.1. The Morgan fingerprint density at radius 3 is 2.62 bits per heavy atom. The maximum absolute atomic E-state index is 12.8. The molecule has 7 heteroatoms. The number of nitrogens with zero attached hydrogens (tertiary/aromatic N) is 1. The van der Waals surface area contributed by atoms with Gasteiger partial charge in [-0.15, -0.1) is 0 Å². The average Bonchev–Trinajstić information content (AvgIpc) is 3.61. The summed E-state index contributed by atoms with van der Waals surface area (Å²) >= 11 is 2.30. The Kier molecular flexibility index (Phi) is 13.1. The van der Waals surface area contributed by atoms with Gasteiger partial charge in [0.1, 0.15) is 6.10 Å². The van der Waals surface area contributed by atoms with Crippen molar-refractivity contribution >= 4 is 34.6 Å². The molecule has 1 aliphatic heterocycles. The molecule has 1 heterocycles. The van der Waals surface area contributed by atoms with E-state index in [9.17, 15) is 14.7 Å². The minimum absolute atomic E-state index is 0.0202. The van der Waals surface area contributed by atoms with Gasteiger partial charge in [0, 0.05) is 36.4 Å². The van der Waals surface area contributed by atoms with Gasteiger partial charge in [-0.2, -0.15) is 0 Å². The smallest absolute Gasteiger partial charge is 0.407 e. The summed E-state index contributed by atoms with van der Waals surface area (Å²) in [4.78, 5) is 27.2. The molecule has 0 radical (unpaired) electrons. The first-order valence-corrected chi connectivity index (χ1v) is 21.2. The second-order valence-electron chi connectivity index (χ2n) is 17.1. The van der Waals surface area contributed by atoms with Crippen LogP contribution in [0.2, 0.25) is 0 Å². The largest absolute Gasteiger partial charge is 0.446 e. The number of unbranched alkanes of at least 4 members (excludes halogenated alkanes) is 2. The van der Waals surface area contributed by atoms with E-state index < -0.39 is 0 Å². The number of hydrogen-bond donors (Lipinski definition) is 2. The SMILES string of the molecule is CCC12CC[C@H](OC(=O)NCCCCCC(=O)N3C[C@H](O)C[C@H]3CI)CC1=CCC1[C@@H]2CC[C@]2(C)[C@@H]([C@H](C)CCCC(C)C)CC[C@@H]12. The lowest BCUT2D eigenvalue weighted by Gasteiger charge is -2.59. The van der Waals surface area contributed by atoms with Crippen LogP contribution in [-0.2, 0) is 9.53 Å². The predicted octanol–water partition coefficient (Wildman–Crippen LogP) is 9.47. The van der Waals surface area contributed by atoms with Crippen molar-refractivity contribution in [1.82, 2.24) is 10.2 Å². The Bertz CT molecular complexity index is 1100. The minimum Gasteiger partial charge on any atom is -0.446 e. The van der Waals surface area contributed by atoms with Gasteiger partial charge in [0.25, 0.3) is 0 Å². The second kappa shape index (κ2) is 16.5. The lowest BCUT2D eigenvalue weighted by Crippen LogP contribution is -2.52. The fraction of sp³-hybridized carbons (Fsp3) is 0.900. The molecule has 0 bridgehead atoms. The van der Waals surface area contributed by atoms with Crippen molar-refractivity contribution in [2.24, 2.45) is 46.3 Å². The summed E-state index contributed by atoms with van der Waals surface area (Å²) in [5, 5.41) is 12.9. The summed E-state index contributed by atoms with van der Waals surface area (Å²) in [6.45, 7) is 13.5. The van der Waals surface area contributed by atoms with Crippen LogP contribution in [0.1, 0.15) is 144 Å². The molecule has 10 atom stereocenters. The normalized spacial score (nSPS) is 37.1. The topological polar surface area (TPSA) is 78.9 Å². The van der Waals surface area contributed by atoms with E-state index in [2.05, 4.69) is 68.6 Å². The van der Waals surface area contributed by atoms with E-state index in [1.165, 1.54) is 57.8 Å². The zero-order valence-electron chi connectivity index (χ0n) is 30.4. The van der Waals surface area contributed by atoms with Gasteiger partial charge in [0.2, 0.25) is 5.91 Å². The maximum atomic E-state index is 12.8. The van der Waals surface area contributed by atoms with E-state index in [0.29, 0.717) is 36.8 Å². The number of likely N-dealkylation sites (tertiary alicyclic amines) is 1. The molecule has 0 spiro atoms. The molecule has 47 heavy (non-hydrogen) atoms. The lowest BCUT2D eigenvalue weighted by molar-refractivity contribution is -0.132. The summed E-state index contributed by atoms with van der Waals surface area (Å²) in [5.74, 6) is 5.21. The monoisotopic (exact) mass is 766 g/mol. The number of halogens is 1. The van der Waals surface area contributed by atoms with Gasteiger partial charge >= 0.3 is 6.09 Å². The van der Waals surface area contributed by atoms with Crippen LogP contribution in [0, 0.1) is 46.3 Å². The van der Waals surface area contributed by atoms with Crippen molar-refractivity contribution < 1.29 is 19.4 Å². The summed E-state index contributed by atoms with van der Waals surface area (Å²) in [6.07, 6.45) is 21.0. The maximum Gasteiger partial charge on any atom is 0.407 e. The third-order valence-electron chi connectivity index (χ3n) is 14.1. The van der Waals surface area contributed by atoms with Gasteiger partial charge in [-0.05, 0) is 117 Å². The van der Waals surface area contributed by atoms with Crippen LogP contribution in [0.4, 0.5) is 4.79 Å². The number of carbonyl (C=O) groups is 2. The number of nitrogens with one attached hydrogen (secondary N) is 1. The summed E-state index contributed by atoms with van der Waals surface area (Å²) in [6, 6.07) is 0.166. The molecule has 0 aromatic rings. The van der Waals surface area contributed by atoms with Crippen LogP contribution in [0.25, 0.3) is 0 Å². The molecule has 6 nitrogen and oxygen atoms in total. The molecule has 2 amide bonds. The predicted molar refractivity (Wildman–Crippen MR) is 199 cm³/mol. The highest BCUT2D eigenvalue weighted by Gasteiger charge is 2.60. The number of β-amino-alcohol motifs (C(OH)–C–C–N with tert-alkyl or cyclic N) is 1. The summed E-state index contributed by atoms with van der Waals surface area (Å²) < 4.78 is 6.87. The quantitative estimate of drug-likeness (QED) is 0.0800. The van der Waals surface area contributed by atoms with Gasteiger partial charge in [-0.1, -0.05) is 94.5 Å². The van der Waals surface area contributed by atoms with Crippen molar-refractivity contribution in [2.45, 2.75) is 162 Å². The van der Waals surface area contributed by atoms with Crippen molar-refractivity contribution in [3.63, 3.8) is 0 Å². The molecule has 5 aliphatic rings. The highest BCUT2D eigenvalue weighted by atomic mass is 127. The van der Waals surface area contributed by atoms with Crippen LogP contribution in [-0.4, -0.2) is 57.8 Å². The molecular formula is C40H67IN2O4. The van der Waals surface area contributed by atoms with Crippen molar-refractivity contribution in [2.75, 3.05) is 17.5 Å². The standard InChI is InChI=1S/C40H67IN2O4/c1-6-40-21-18-32(47-38(46)42-22-9-7-8-13-37(45)43-26-31(44)24-30(43)25-41)23-29(40)14-15-33-35-17-16-34(28(4)12-10-11-27(2)3)39(35,5)20-19-36(33)40/h14,27-28,30-36,44H,6-13,15-26H2,1-5H3,(H,42,46)/t28-,30+,31-,32+,33?,34-,35+,36+,39-,40?/m1/s1. The molecule has 0 aromatic carbocycles. The number of carbonyl (C=O) groups excluding carboxylic acids is 2. The van der Waals surface area contributed by atoms with Crippen LogP contribution in [0.15, 0.2) is 11.6 Å². The molecule has 4 aliphatic carbocycles. The molecule has 3 saturated carbocycles. The Morgan fingerprint density at radius 1 is 1.06 bits per heavy atom. The number of alkyl carbamates (subject to hydrolysis) is 1. The molecule has 1 saturated heterocycles. The first kappa shape index (κ1) is 37.4. The minimum atomic E-state index is -0.385. The van der Waals surface area contributed by atoms with Gasteiger partial charge in [0.05, 0.1) is 6.10 Å². The zero-order chi connectivity index (χ0) is 33.8. The number of aliphatic hydroxyl groups excluding tert-OH is 1. The number of alkyl halides is 1. The van der Waals surface area contributed by atoms with Crippen LogP contribution in [0.5, 0.6) is 0 Å². The number of fused-ring (bicyclic) bond motifs is 5. The fourth-order valence-electron chi connectivity index (χ4n) is 11.7. The Hall–Kier alpha value is -0.830. The van der Waals surface area contributed by atoms with Gasteiger partial charge in [0.15, 0.2) is 0 Å². The first-order valence-electron chi connectivity index (χ1n) is 19.7. The van der Waals surface area contributed by atoms with Crippen molar-refractivity contribution in [3.8, 4) is 0 Å². The highest BCUT2D eigenvalue weighted by Crippen LogP contribution is 2.68. The molecule has 0 aromatic heterocycles. The van der Waals surface area contributed by atoms with E-state index in [0.717, 1.165) is 78.5 Å². The second-order valence-corrected chi connectivity index (χ2v) is 18.0. The van der Waals surface area contributed by atoms with E-state index in [-0.39, 0.29) is 30.3 Å². The molecule has 2 N–H and O–H groups in total. The zero-order valence-corrected chi connectivity index (χ0v) is 32.6. The van der Waals surface area contributed by atoms with Crippen LogP contribution < -0.4 is 5.32 Å². The first-order chi connectivity index (χ1) is 22.5. The van der Waals surface area contributed by atoms with E-state index >= 15 is 0 Å². The molecular weight excluding hydrogens is 699 g/mol. The van der Waals surface area contributed by atoms with E-state index in [1.807, 2.05) is 4.90 Å². The number of amides is 2. The molecule has 4 fully saturated rings. The third kappa shape index (κ3) is 8.22. The van der Waals surface area contributed by atoms with E-state index in [1.54, 1.807) is 5.57 Å². The number of hydrogen-bond acceptors (Lipinski definition) is 4. The van der Waals surface area contributed by atoms with Gasteiger partial charge in [-0.25, -0.2) is 4.79 Å².